The molecule has 0 aromatic carbocycles. The van der Waals surface area contributed by atoms with Gasteiger partial charge in [0, 0.05) is 0 Å². The fourth-order valence-corrected chi connectivity index (χ4v) is 1.24. The van der Waals surface area contributed by atoms with Crippen LogP contribution in [0.1, 0.15) is 13.3 Å². The van der Waals surface area contributed by atoms with Crippen molar-refractivity contribution in [1.82, 2.24) is 5.32 Å². The lowest BCUT2D eigenvalue weighted by Crippen LogP contribution is -2.42. The molecular weight excluding hydrogens is 156 g/mol. The van der Waals surface area contributed by atoms with Gasteiger partial charge in [0.2, 0.25) is 0 Å². The third-order valence-electron chi connectivity index (χ3n) is 1.84. The number of carbonyl (C=O) groups is 1. The summed E-state index contributed by atoms with van der Waals surface area (Å²) >= 11 is 0. The van der Waals surface area contributed by atoms with E-state index in [2.05, 4.69) is 10.3 Å². The zero-order chi connectivity index (χ0) is 8.55. The van der Waals surface area contributed by atoms with Gasteiger partial charge < -0.3 is 10.1 Å². The highest BCUT2D eigenvalue weighted by molar-refractivity contribution is 6.09. The lowest BCUT2D eigenvalue weighted by molar-refractivity contribution is -0.123. The zero-order valence-electron chi connectivity index (χ0n) is 6.83. The molecule has 4 heteroatoms. The van der Waals surface area contributed by atoms with Gasteiger partial charge in [0.1, 0.15) is 0 Å². The van der Waals surface area contributed by atoms with Crippen molar-refractivity contribution < 1.29 is 9.53 Å². The number of amidine groups is 1. The minimum Gasteiger partial charge on any atom is -0.480 e. The van der Waals surface area contributed by atoms with E-state index >= 15 is 0 Å². The number of hydrogen-bond donors (Lipinski definition) is 1. The Kier molecular flexibility index (Phi) is 1.60. The number of dihydropyridines is 1. The Balaban J connectivity index is 2.23. The first kappa shape index (κ1) is 7.34. The van der Waals surface area contributed by atoms with Gasteiger partial charge >= 0.3 is 0 Å². The van der Waals surface area contributed by atoms with Crippen LogP contribution < -0.4 is 5.32 Å². The van der Waals surface area contributed by atoms with Gasteiger partial charge in [-0.25, -0.2) is 0 Å². The molecule has 1 atom stereocenters. The zero-order valence-corrected chi connectivity index (χ0v) is 6.83. The largest absolute Gasteiger partial charge is 0.480 e. The SMILES string of the molecule is CC1CC=C2OCC(=O)NC2=N1. The number of amides is 1. The summed E-state index contributed by atoms with van der Waals surface area (Å²) in [7, 11) is 0. The van der Waals surface area contributed by atoms with E-state index in [1.165, 1.54) is 0 Å². The molecule has 64 valence electrons. The van der Waals surface area contributed by atoms with Crippen LogP contribution in [0.4, 0.5) is 0 Å². The molecule has 0 bridgehead atoms. The summed E-state index contributed by atoms with van der Waals surface area (Å²) in [6, 6.07) is 0.241. The molecule has 2 rings (SSSR count). The number of carbonyl (C=O) groups excluding carboxylic acids is 1. The topological polar surface area (TPSA) is 50.7 Å². The summed E-state index contributed by atoms with van der Waals surface area (Å²) in [5.74, 6) is 1.18. The predicted octanol–water partition coefficient (Wildman–Crippen LogP) is 0.207. The average Bonchev–Trinajstić information content (AvgIpc) is 2.03. The van der Waals surface area contributed by atoms with Gasteiger partial charge in [0.05, 0.1) is 6.04 Å². The third-order valence-corrected chi connectivity index (χ3v) is 1.84. The van der Waals surface area contributed by atoms with E-state index in [0.29, 0.717) is 11.6 Å². The van der Waals surface area contributed by atoms with Crippen molar-refractivity contribution in [2.45, 2.75) is 19.4 Å². The molecule has 1 saturated heterocycles. The molecule has 0 spiro atoms. The summed E-state index contributed by atoms with van der Waals surface area (Å²) in [5.41, 5.74) is 0. The average molecular weight is 166 g/mol. The fourth-order valence-electron chi connectivity index (χ4n) is 1.24. The summed E-state index contributed by atoms with van der Waals surface area (Å²) in [4.78, 5) is 15.1. The van der Waals surface area contributed by atoms with Gasteiger partial charge in [0.25, 0.3) is 5.91 Å². The first-order chi connectivity index (χ1) is 5.75. The molecule has 1 fully saturated rings. The number of fused-ring (bicyclic) bond motifs is 1. The van der Waals surface area contributed by atoms with Gasteiger partial charge in [-0.15, -0.1) is 0 Å². The van der Waals surface area contributed by atoms with Crippen LogP contribution in [0.2, 0.25) is 0 Å². The molecule has 0 saturated carbocycles. The minimum atomic E-state index is -0.125. The first-order valence-electron chi connectivity index (χ1n) is 3.96. The maximum Gasteiger partial charge on any atom is 0.263 e. The molecule has 2 aliphatic heterocycles. The second-order valence-electron chi connectivity index (χ2n) is 2.97. The Morgan fingerprint density at radius 1 is 1.75 bits per heavy atom. The number of nitrogens with one attached hydrogen (secondary N) is 1. The van der Waals surface area contributed by atoms with Crippen LogP contribution >= 0.6 is 0 Å². The molecule has 4 nitrogen and oxygen atoms in total. The number of hydrogen-bond acceptors (Lipinski definition) is 3. The van der Waals surface area contributed by atoms with Crippen LogP contribution in [0.15, 0.2) is 16.8 Å². The highest BCUT2D eigenvalue weighted by Gasteiger charge is 2.23. The number of aliphatic imine (C=N–C) groups is 1. The van der Waals surface area contributed by atoms with E-state index in [4.69, 9.17) is 4.74 Å². The second kappa shape index (κ2) is 2.62. The highest BCUT2D eigenvalue weighted by atomic mass is 16.5. The Morgan fingerprint density at radius 2 is 2.58 bits per heavy atom. The van der Waals surface area contributed by atoms with Gasteiger partial charge in [-0.2, -0.15) is 0 Å². The fraction of sp³-hybridized carbons (Fsp3) is 0.500. The Hall–Kier alpha value is -1.32. The molecule has 0 radical (unpaired) electrons. The molecule has 1 N–H and O–H groups in total. The van der Waals surface area contributed by atoms with Crippen LogP contribution in [0.5, 0.6) is 0 Å². The first-order valence-corrected chi connectivity index (χ1v) is 3.96. The van der Waals surface area contributed by atoms with Crippen molar-refractivity contribution >= 4 is 11.7 Å². The molecule has 1 amide bonds. The molecule has 0 aromatic heterocycles. The molecule has 0 aromatic rings. The Labute approximate surface area is 70.3 Å². The second-order valence-corrected chi connectivity index (χ2v) is 2.97. The summed E-state index contributed by atoms with van der Waals surface area (Å²) in [6.45, 7) is 2.11. The molecular formula is C8H10N2O2. The van der Waals surface area contributed by atoms with Gasteiger partial charge in [-0.05, 0) is 19.4 Å². The van der Waals surface area contributed by atoms with Crippen molar-refractivity contribution in [2.24, 2.45) is 4.99 Å². The number of rotatable bonds is 0. The summed E-state index contributed by atoms with van der Waals surface area (Å²) in [6.07, 6.45) is 2.85. The minimum absolute atomic E-state index is 0.110. The lowest BCUT2D eigenvalue weighted by Gasteiger charge is -2.23. The van der Waals surface area contributed by atoms with Crippen LogP contribution in [0, 0.1) is 0 Å². The highest BCUT2D eigenvalue weighted by Crippen LogP contribution is 2.14. The molecule has 1 unspecified atom stereocenters. The molecule has 0 aliphatic carbocycles. The van der Waals surface area contributed by atoms with Crippen molar-refractivity contribution in [1.29, 1.82) is 0 Å². The Morgan fingerprint density at radius 3 is 3.42 bits per heavy atom. The van der Waals surface area contributed by atoms with Crippen LogP contribution in [-0.4, -0.2) is 24.4 Å². The van der Waals surface area contributed by atoms with Crippen LogP contribution in [0.25, 0.3) is 0 Å². The maximum absolute atomic E-state index is 10.9. The molecule has 12 heavy (non-hydrogen) atoms. The van der Waals surface area contributed by atoms with Crippen LogP contribution in [0.3, 0.4) is 0 Å². The van der Waals surface area contributed by atoms with Crippen molar-refractivity contribution in [2.75, 3.05) is 6.61 Å². The van der Waals surface area contributed by atoms with Crippen molar-refractivity contribution in [3.05, 3.63) is 11.8 Å². The quantitative estimate of drug-likeness (QED) is 0.559. The standard InChI is InChI=1S/C8H10N2O2/c1-5-2-3-6-8(9-5)10-7(11)4-12-6/h3,5H,2,4H2,1H3,(H,9,10,11). The Bertz CT molecular complexity index is 281. The van der Waals surface area contributed by atoms with Crippen molar-refractivity contribution in [3.8, 4) is 0 Å². The van der Waals surface area contributed by atoms with E-state index in [1.807, 2.05) is 13.0 Å². The van der Waals surface area contributed by atoms with Crippen molar-refractivity contribution in [3.63, 3.8) is 0 Å². The van der Waals surface area contributed by atoms with Crippen LogP contribution in [-0.2, 0) is 9.53 Å². The summed E-state index contributed by atoms with van der Waals surface area (Å²) in [5, 5.41) is 2.67. The van der Waals surface area contributed by atoms with E-state index < -0.39 is 0 Å². The van der Waals surface area contributed by atoms with E-state index in [-0.39, 0.29) is 18.6 Å². The molecule has 2 aliphatic rings. The van der Waals surface area contributed by atoms with Gasteiger partial charge in [0.15, 0.2) is 18.2 Å². The van der Waals surface area contributed by atoms with E-state index in [0.717, 1.165) is 6.42 Å². The normalized spacial score (nSPS) is 27.8. The number of morpholine rings is 1. The van der Waals surface area contributed by atoms with Gasteiger partial charge in [-0.1, -0.05) is 0 Å². The number of nitrogens with zero attached hydrogens (tertiary/aromatic N) is 1. The summed E-state index contributed by atoms with van der Waals surface area (Å²) < 4.78 is 5.16. The molecule has 2 heterocycles. The number of ether oxygens (including phenoxy) is 1. The van der Waals surface area contributed by atoms with E-state index in [9.17, 15) is 4.79 Å². The smallest absolute Gasteiger partial charge is 0.263 e. The van der Waals surface area contributed by atoms with E-state index in [1.54, 1.807) is 0 Å². The van der Waals surface area contributed by atoms with Gasteiger partial charge in [-0.3, -0.25) is 9.79 Å². The predicted molar refractivity (Wildman–Crippen MR) is 43.7 cm³/mol. The lowest BCUT2D eigenvalue weighted by atomic mass is 10.1. The third kappa shape index (κ3) is 1.20. The monoisotopic (exact) mass is 166 g/mol. The maximum atomic E-state index is 10.9.